The Morgan fingerprint density at radius 3 is 2.73 bits per heavy atom. The number of methoxy groups -OCH3 is 1. The number of carbonyl (C=O) groups is 1. The molecule has 41 heavy (non-hydrogen) atoms. The summed E-state index contributed by atoms with van der Waals surface area (Å²) in [7, 11) is 1.36. The lowest BCUT2D eigenvalue weighted by molar-refractivity contribution is -0.134. The van der Waals surface area contributed by atoms with Crippen molar-refractivity contribution in [3.05, 3.63) is 82.2 Å². The van der Waals surface area contributed by atoms with E-state index in [1.54, 1.807) is 31.3 Å². The highest BCUT2D eigenvalue weighted by molar-refractivity contribution is 6.30. The molecule has 1 aromatic heterocycles. The van der Waals surface area contributed by atoms with Gasteiger partial charge in [0.15, 0.2) is 11.5 Å². The van der Waals surface area contributed by atoms with E-state index in [4.69, 9.17) is 35.5 Å². The Morgan fingerprint density at radius 2 is 2.02 bits per heavy atom. The Balaban J connectivity index is 1.14. The standard InChI is InChI=1S/C31H33ClFN3O5/c1-31(25-8-6-21(32)16-26(25)33)40-27-5-3-4-24(30(27)41-31)20-10-13-35(14-11-20)19-28-34-17-22(7-9-29(37)38-2)36(28)18-23-12-15-39-23/h3-9,16-17,20,23H,10-15,18-19H2,1-2H3/b9-7+/t23-,31?/m0/s1. The van der Waals surface area contributed by atoms with Gasteiger partial charge in [0.05, 0.1) is 43.8 Å². The number of imidazole rings is 1. The highest BCUT2D eigenvalue weighted by Gasteiger charge is 2.43. The second-order valence-corrected chi connectivity index (χ2v) is 11.3. The summed E-state index contributed by atoms with van der Waals surface area (Å²) in [6.45, 7) is 5.69. The van der Waals surface area contributed by atoms with Gasteiger partial charge in [-0.2, -0.15) is 0 Å². The third kappa shape index (κ3) is 5.71. The van der Waals surface area contributed by atoms with Gasteiger partial charge in [0, 0.05) is 30.2 Å². The molecule has 0 amide bonds. The number of nitrogens with zero attached hydrogens (tertiary/aromatic N) is 3. The minimum Gasteiger partial charge on any atom is -0.466 e. The number of carbonyl (C=O) groups excluding carboxylic acids is 1. The predicted octanol–water partition coefficient (Wildman–Crippen LogP) is 5.67. The summed E-state index contributed by atoms with van der Waals surface area (Å²) in [4.78, 5) is 18.7. The molecule has 6 rings (SSSR count). The van der Waals surface area contributed by atoms with Crippen molar-refractivity contribution in [2.45, 2.75) is 57.1 Å². The van der Waals surface area contributed by atoms with Crippen LogP contribution in [0.5, 0.6) is 11.5 Å². The van der Waals surface area contributed by atoms with Crippen LogP contribution in [0, 0.1) is 5.82 Å². The van der Waals surface area contributed by atoms with Gasteiger partial charge >= 0.3 is 5.97 Å². The molecule has 2 aromatic carbocycles. The highest BCUT2D eigenvalue weighted by Crippen LogP contribution is 2.49. The number of para-hydroxylation sites is 1. The van der Waals surface area contributed by atoms with Crippen molar-refractivity contribution in [3.63, 3.8) is 0 Å². The van der Waals surface area contributed by atoms with Gasteiger partial charge in [0.25, 0.3) is 5.79 Å². The zero-order chi connectivity index (χ0) is 28.6. The lowest BCUT2D eigenvalue weighted by Gasteiger charge is -2.33. The largest absolute Gasteiger partial charge is 0.466 e. The summed E-state index contributed by atoms with van der Waals surface area (Å²) in [6.07, 6.45) is 8.01. The normalized spacial score (nSPS) is 22.7. The Bertz CT molecular complexity index is 1460. The van der Waals surface area contributed by atoms with Gasteiger partial charge in [-0.3, -0.25) is 4.90 Å². The summed E-state index contributed by atoms with van der Waals surface area (Å²) in [6, 6.07) is 10.4. The maximum absolute atomic E-state index is 14.8. The van der Waals surface area contributed by atoms with E-state index in [0.29, 0.717) is 35.2 Å². The average Bonchev–Trinajstić information content (AvgIpc) is 3.49. The van der Waals surface area contributed by atoms with Gasteiger partial charge in [-0.05, 0) is 68.6 Å². The van der Waals surface area contributed by atoms with Crippen LogP contribution in [-0.2, 0) is 33.1 Å². The third-order valence-electron chi connectivity index (χ3n) is 8.16. The quantitative estimate of drug-likeness (QED) is 0.250. The first-order chi connectivity index (χ1) is 19.8. The number of hydrogen-bond donors (Lipinski definition) is 0. The zero-order valence-corrected chi connectivity index (χ0v) is 23.9. The van der Waals surface area contributed by atoms with Gasteiger partial charge in [0.1, 0.15) is 11.6 Å². The smallest absolute Gasteiger partial charge is 0.330 e. The molecule has 3 aliphatic rings. The lowest BCUT2D eigenvalue weighted by Crippen LogP contribution is -2.35. The topological polar surface area (TPSA) is 75.0 Å². The molecule has 0 bridgehead atoms. The highest BCUT2D eigenvalue weighted by atomic mass is 35.5. The van der Waals surface area contributed by atoms with Gasteiger partial charge in [-0.25, -0.2) is 14.2 Å². The fourth-order valence-electron chi connectivity index (χ4n) is 5.79. The van der Waals surface area contributed by atoms with Crippen LogP contribution >= 0.6 is 11.6 Å². The number of ether oxygens (including phenoxy) is 4. The van der Waals surface area contributed by atoms with E-state index < -0.39 is 17.6 Å². The van der Waals surface area contributed by atoms with E-state index in [-0.39, 0.29) is 12.0 Å². The summed E-state index contributed by atoms with van der Waals surface area (Å²) < 4.78 is 39.8. The average molecular weight is 582 g/mol. The second kappa shape index (κ2) is 11.5. The number of benzene rings is 2. The van der Waals surface area contributed by atoms with E-state index in [2.05, 4.69) is 15.5 Å². The maximum atomic E-state index is 14.8. The summed E-state index contributed by atoms with van der Waals surface area (Å²) in [5.41, 5.74) is 2.24. The fourth-order valence-corrected chi connectivity index (χ4v) is 5.95. The zero-order valence-electron chi connectivity index (χ0n) is 23.1. The lowest BCUT2D eigenvalue weighted by atomic mass is 9.88. The Morgan fingerprint density at radius 1 is 1.22 bits per heavy atom. The van der Waals surface area contributed by atoms with E-state index in [1.807, 2.05) is 12.1 Å². The number of rotatable bonds is 8. The van der Waals surface area contributed by atoms with Crippen LogP contribution in [0.3, 0.4) is 0 Å². The second-order valence-electron chi connectivity index (χ2n) is 10.8. The molecule has 2 fully saturated rings. The summed E-state index contributed by atoms with van der Waals surface area (Å²) in [5, 5.41) is 0.325. The maximum Gasteiger partial charge on any atom is 0.330 e. The molecule has 0 spiro atoms. The number of fused-ring (bicyclic) bond motifs is 1. The molecule has 0 radical (unpaired) electrons. The molecule has 216 valence electrons. The molecule has 0 aliphatic carbocycles. The molecule has 3 aromatic rings. The van der Waals surface area contributed by atoms with Crippen molar-refractivity contribution in [3.8, 4) is 11.5 Å². The van der Waals surface area contributed by atoms with Crippen molar-refractivity contribution >= 4 is 23.6 Å². The van der Waals surface area contributed by atoms with Gasteiger partial charge < -0.3 is 23.5 Å². The first-order valence-corrected chi connectivity index (χ1v) is 14.3. The number of esters is 1. The predicted molar refractivity (Wildman–Crippen MR) is 151 cm³/mol. The van der Waals surface area contributed by atoms with E-state index in [9.17, 15) is 9.18 Å². The number of hydrogen-bond acceptors (Lipinski definition) is 7. The minimum atomic E-state index is -1.27. The monoisotopic (exact) mass is 581 g/mol. The molecule has 3 aliphatic heterocycles. The SMILES string of the molecule is COC(=O)/C=C/c1cnc(CN2CCC(c3cccc4c3OC(C)(c3ccc(Cl)cc3F)O4)CC2)n1C[C@@H]1CCO1. The van der Waals surface area contributed by atoms with Crippen molar-refractivity contribution in [1.29, 1.82) is 0 Å². The molecule has 1 unspecified atom stereocenters. The van der Waals surface area contributed by atoms with Crippen LogP contribution in [0.4, 0.5) is 4.39 Å². The van der Waals surface area contributed by atoms with Gasteiger partial charge in [-0.1, -0.05) is 23.7 Å². The van der Waals surface area contributed by atoms with Crippen molar-refractivity contribution in [1.82, 2.24) is 14.5 Å². The molecule has 0 N–H and O–H groups in total. The van der Waals surface area contributed by atoms with Crippen LogP contribution in [0.1, 0.15) is 54.7 Å². The first kappa shape index (κ1) is 27.8. The van der Waals surface area contributed by atoms with Crippen LogP contribution in [-0.4, -0.2) is 53.3 Å². The molecule has 0 saturated carbocycles. The molecular weight excluding hydrogens is 549 g/mol. The first-order valence-electron chi connectivity index (χ1n) is 13.9. The summed E-state index contributed by atoms with van der Waals surface area (Å²) >= 11 is 5.96. The Labute approximate surface area is 243 Å². The van der Waals surface area contributed by atoms with Crippen molar-refractivity contribution in [2.75, 3.05) is 26.8 Å². The van der Waals surface area contributed by atoms with Gasteiger partial charge in [-0.15, -0.1) is 0 Å². The van der Waals surface area contributed by atoms with E-state index in [1.165, 1.54) is 19.3 Å². The van der Waals surface area contributed by atoms with Gasteiger partial charge in [0.2, 0.25) is 0 Å². The van der Waals surface area contributed by atoms with Crippen LogP contribution < -0.4 is 9.47 Å². The summed E-state index contributed by atoms with van der Waals surface area (Å²) in [5.74, 6) is 0.395. The molecule has 2 atom stereocenters. The third-order valence-corrected chi connectivity index (χ3v) is 8.40. The minimum absolute atomic E-state index is 0.161. The molecule has 10 heteroatoms. The van der Waals surface area contributed by atoms with Crippen LogP contribution in [0.2, 0.25) is 5.02 Å². The van der Waals surface area contributed by atoms with Crippen molar-refractivity contribution in [2.24, 2.45) is 0 Å². The molecular formula is C31H33ClFN3O5. The molecule has 8 nitrogen and oxygen atoms in total. The Hall–Kier alpha value is -3.40. The van der Waals surface area contributed by atoms with E-state index in [0.717, 1.165) is 56.0 Å². The van der Waals surface area contributed by atoms with Crippen molar-refractivity contribution < 1.29 is 28.1 Å². The Kier molecular flexibility index (Phi) is 7.76. The van der Waals surface area contributed by atoms with Crippen LogP contribution in [0.15, 0.2) is 48.7 Å². The number of aromatic nitrogens is 2. The fraction of sp³-hybridized carbons (Fsp3) is 0.419. The molecule has 4 heterocycles. The molecule has 2 saturated heterocycles. The van der Waals surface area contributed by atoms with Crippen LogP contribution in [0.25, 0.3) is 6.08 Å². The number of piperidine rings is 1. The number of halogens is 2. The van der Waals surface area contributed by atoms with E-state index >= 15 is 0 Å². The number of likely N-dealkylation sites (tertiary alicyclic amines) is 1.